The first-order valence-electron chi connectivity index (χ1n) is 5.50. The van der Waals surface area contributed by atoms with Crippen LogP contribution in [0.25, 0.3) is 0 Å². The Bertz CT molecular complexity index is 329. The molecule has 0 amide bonds. The van der Waals surface area contributed by atoms with Crippen LogP contribution in [-0.2, 0) is 11.3 Å². The number of nitrogens with zero attached hydrogens (tertiary/aromatic N) is 5. The summed E-state index contributed by atoms with van der Waals surface area (Å²) in [5, 5.41) is 11.9. The summed E-state index contributed by atoms with van der Waals surface area (Å²) in [5.74, 6) is 0.999. The molecule has 0 atom stereocenters. The van der Waals surface area contributed by atoms with Crippen molar-refractivity contribution in [3.8, 4) is 0 Å². The monoisotopic (exact) mass is 209 g/mol. The molecule has 15 heavy (non-hydrogen) atoms. The van der Waals surface area contributed by atoms with E-state index < -0.39 is 0 Å². The lowest BCUT2D eigenvalue weighted by atomic mass is 10.4. The fraction of sp³-hybridized carbons (Fsp3) is 0.889. The number of hydrogen-bond acceptors (Lipinski definition) is 5. The largest absolute Gasteiger partial charge is 0.379 e. The van der Waals surface area contributed by atoms with Crippen LogP contribution < -0.4 is 0 Å². The smallest absolute Gasteiger partial charge is 0.165 e. The molecule has 1 aliphatic heterocycles. The van der Waals surface area contributed by atoms with Crippen LogP contribution in [0.15, 0.2) is 0 Å². The lowest BCUT2D eigenvalue weighted by Gasteiger charge is -2.25. The third-order valence-corrected chi connectivity index (χ3v) is 2.92. The predicted molar refractivity (Wildman–Crippen MR) is 52.2 cm³/mol. The molecule has 1 saturated heterocycles. The Morgan fingerprint density at radius 2 is 2.07 bits per heavy atom. The van der Waals surface area contributed by atoms with Gasteiger partial charge >= 0.3 is 0 Å². The van der Waals surface area contributed by atoms with Crippen LogP contribution in [0, 0.1) is 0 Å². The Hall–Kier alpha value is -1.01. The van der Waals surface area contributed by atoms with Crippen molar-refractivity contribution in [2.24, 2.45) is 0 Å². The molecule has 1 saturated carbocycles. The second kappa shape index (κ2) is 3.86. The summed E-state index contributed by atoms with van der Waals surface area (Å²) >= 11 is 0. The average molecular weight is 209 g/mol. The minimum atomic E-state index is 0.566. The summed E-state index contributed by atoms with van der Waals surface area (Å²) in [4.78, 5) is 2.34. The molecule has 6 heteroatoms. The normalized spacial score (nSPS) is 23.2. The SMILES string of the molecule is C1CN(Cc2nnnn2C2CC2)CCO1. The zero-order valence-corrected chi connectivity index (χ0v) is 8.67. The molecule has 0 aromatic carbocycles. The molecule has 1 aliphatic carbocycles. The topological polar surface area (TPSA) is 56.1 Å². The van der Waals surface area contributed by atoms with Gasteiger partial charge in [-0.15, -0.1) is 5.10 Å². The molecule has 6 nitrogen and oxygen atoms in total. The fourth-order valence-electron chi connectivity index (χ4n) is 1.88. The maximum atomic E-state index is 5.31. The molecular weight excluding hydrogens is 194 g/mol. The fourth-order valence-corrected chi connectivity index (χ4v) is 1.88. The van der Waals surface area contributed by atoms with Crippen LogP contribution in [-0.4, -0.2) is 51.4 Å². The van der Waals surface area contributed by atoms with Crippen molar-refractivity contribution in [2.75, 3.05) is 26.3 Å². The number of tetrazole rings is 1. The highest BCUT2D eigenvalue weighted by Crippen LogP contribution is 2.34. The van der Waals surface area contributed by atoms with Gasteiger partial charge in [0.15, 0.2) is 5.82 Å². The van der Waals surface area contributed by atoms with Crippen molar-refractivity contribution in [3.63, 3.8) is 0 Å². The number of rotatable bonds is 3. The van der Waals surface area contributed by atoms with Crippen LogP contribution in [0.1, 0.15) is 24.7 Å². The van der Waals surface area contributed by atoms with E-state index >= 15 is 0 Å². The van der Waals surface area contributed by atoms with Crippen LogP contribution in [0.2, 0.25) is 0 Å². The van der Waals surface area contributed by atoms with E-state index in [-0.39, 0.29) is 0 Å². The van der Waals surface area contributed by atoms with Gasteiger partial charge in [0.1, 0.15) is 0 Å². The van der Waals surface area contributed by atoms with E-state index in [1.54, 1.807) is 0 Å². The molecule has 0 unspecified atom stereocenters. The van der Waals surface area contributed by atoms with Gasteiger partial charge in [0, 0.05) is 13.1 Å². The molecule has 1 aromatic rings. The highest BCUT2D eigenvalue weighted by Gasteiger charge is 2.28. The molecule has 1 aromatic heterocycles. The van der Waals surface area contributed by atoms with Gasteiger partial charge in [-0.3, -0.25) is 4.90 Å². The van der Waals surface area contributed by atoms with Crippen LogP contribution in [0.4, 0.5) is 0 Å². The van der Waals surface area contributed by atoms with E-state index in [2.05, 4.69) is 20.4 Å². The zero-order valence-electron chi connectivity index (χ0n) is 8.67. The second-order valence-corrected chi connectivity index (χ2v) is 4.16. The zero-order chi connectivity index (χ0) is 10.1. The number of ether oxygens (including phenoxy) is 1. The summed E-state index contributed by atoms with van der Waals surface area (Å²) in [5.41, 5.74) is 0. The second-order valence-electron chi connectivity index (χ2n) is 4.16. The Morgan fingerprint density at radius 3 is 2.80 bits per heavy atom. The van der Waals surface area contributed by atoms with E-state index in [9.17, 15) is 0 Å². The minimum Gasteiger partial charge on any atom is -0.379 e. The number of hydrogen-bond donors (Lipinski definition) is 0. The minimum absolute atomic E-state index is 0.566. The van der Waals surface area contributed by atoms with Crippen molar-refractivity contribution in [1.82, 2.24) is 25.1 Å². The van der Waals surface area contributed by atoms with Crippen molar-refractivity contribution in [1.29, 1.82) is 0 Å². The molecular formula is C9H15N5O. The molecule has 3 rings (SSSR count). The Morgan fingerprint density at radius 1 is 1.27 bits per heavy atom. The standard InChI is InChI=1S/C9H15N5O/c1-2-8(1)14-9(10-11-12-14)7-13-3-5-15-6-4-13/h8H,1-7H2. The number of morpholine rings is 1. The molecule has 2 heterocycles. The lowest BCUT2D eigenvalue weighted by molar-refractivity contribution is 0.0324. The Labute approximate surface area is 88.2 Å². The molecule has 0 bridgehead atoms. The average Bonchev–Trinajstić information content (AvgIpc) is 3.02. The first-order chi connectivity index (χ1) is 7.43. The summed E-state index contributed by atoms with van der Waals surface area (Å²) < 4.78 is 7.29. The predicted octanol–water partition coefficient (Wildman–Crippen LogP) is -0.160. The van der Waals surface area contributed by atoms with Gasteiger partial charge in [-0.2, -0.15) is 0 Å². The van der Waals surface area contributed by atoms with Gasteiger partial charge in [0.25, 0.3) is 0 Å². The van der Waals surface area contributed by atoms with E-state index in [0.29, 0.717) is 6.04 Å². The Balaban J connectivity index is 1.67. The van der Waals surface area contributed by atoms with Gasteiger partial charge in [-0.25, -0.2) is 4.68 Å². The molecule has 2 fully saturated rings. The maximum Gasteiger partial charge on any atom is 0.165 e. The van der Waals surface area contributed by atoms with Crippen molar-refractivity contribution >= 4 is 0 Å². The van der Waals surface area contributed by atoms with Gasteiger partial charge in [0.05, 0.1) is 25.8 Å². The molecule has 0 radical (unpaired) electrons. The third kappa shape index (κ3) is 2.00. The van der Waals surface area contributed by atoms with Crippen LogP contribution in [0.3, 0.4) is 0 Å². The van der Waals surface area contributed by atoms with E-state index in [1.807, 2.05) is 4.68 Å². The van der Waals surface area contributed by atoms with Gasteiger partial charge in [-0.1, -0.05) is 0 Å². The first-order valence-corrected chi connectivity index (χ1v) is 5.50. The molecule has 2 aliphatic rings. The van der Waals surface area contributed by atoms with Crippen molar-refractivity contribution in [2.45, 2.75) is 25.4 Å². The van der Waals surface area contributed by atoms with E-state index in [4.69, 9.17) is 4.74 Å². The maximum absolute atomic E-state index is 5.31. The van der Waals surface area contributed by atoms with Gasteiger partial charge < -0.3 is 4.74 Å². The highest BCUT2D eigenvalue weighted by molar-refractivity contribution is 4.90. The lowest BCUT2D eigenvalue weighted by Crippen LogP contribution is -2.36. The quantitative estimate of drug-likeness (QED) is 0.692. The summed E-state index contributed by atoms with van der Waals surface area (Å²) in [6, 6.07) is 0.566. The number of aromatic nitrogens is 4. The first kappa shape index (κ1) is 9.23. The van der Waals surface area contributed by atoms with Crippen molar-refractivity contribution in [3.05, 3.63) is 5.82 Å². The third-order valence-electron chi connectivity index (χ3n) is 2.92. The van der Waals surface area contributed by atoms with Crippen molar-refractivity contribution < 1.29 is 4.74 Å². The van der Waals surface area contributed by atoms with Gasteiger partial charge in [0.2, 0.25) is 0 Å². The Kier molecular flexibility index (Phi) is 2.38. The molecule has 0 spiro atoms. The summed E-state index contributed by atoms with van der Waals surface area (Å²) in [6.07, 6.45) is 2.45. The van der Waals surface area contributed by atoms with E-state index in [1.165, 1.54) is 12.8 Å². The molecule has 82 valence electrons. The molecule has 0 N–H and O–H groups in total. The summed E-state index contributed by atoms with van der Waals surface area (Å²) in [6.45, 7) is 4.47. The highest BCUT2D eigenvalue weighted by atomic mass is 16.5. The van der Waals surface area contributed by atoms with Crippen LogP contribution >= 0.6 is 0 Å². The summed E-state index contributed by atoms with van der Waals surface area (Å²) in [7, 11) is 0. The van der Waals surface area contributed by atoms with E-state index in [0.717, 1.165) is 38.7 Å². The van der Waals surface area contributed by atoms with Crippen LogP contribution in [0.5, 0.6) is 0 Å². The van der Waals surface area contributed by atoms with Gasteiger partial charge in [-0.05, 0) is 23.3 Å².